The summed E-state index contributed by atoms with van der Waals surface area (Å²) in [5.74, 6) is -0.651. The van der Waals surface area contributed by atoms with E-state index in [1.807, 2.05) is 31.2 Å². The van der Waals surface area contributed by atoms with Crippen molar-refractivity contribution in [1.82, 2.24) is 4.98 Å². The summed E-state index contributed by atoms with van der Waals surface area (Å²) >= 11 is 0. The van der Waals surface area contributed by atoms with E-state index in [0.29, 0.717) is 23.0 Å². The molecule has 3 aliphatic rings. The fraction of sp³-hybridized carbons (Fsp3) is 0.370. The molecule has 12 heteroatoms. The van der Waals surface area contributed by atoms with Gasteiger partial charge in [-0.15, -0.1) is 0 Å². The van der Waals surface area contributed by atoms with E-state index in [1.54, 1.807) is 6.20 Å². The zero-order valence-corrected chi connectivity index (χ0v) is 21.8. The molecule has 2 atom stereocenters. The average Bonchev–Trinajstić information content (AvgIpc) is 3.54. The molecule has 8 nitrogen and oxygen atoms in total. The van der Waals surface area contributed by atoms with Crippen LogP contribution in [-0.2, 0) is 14.6 Å². The van der Waals surface area contributed by atoms with Gasteiger partial charge < -0.3 is 4.90 Å². The van der Waals surface area contributed by atoms with E-state index in [4.69, 9.17) is 0 Å². The quantitative estimate of drug-likeness (QED) is 0.406. The van der Waals surface area contributed by atoms with Crippen molar-refractivity contribution in [3.8, 4) is 0 Å². The number of carbonyl (C=O) groups excluding carboxylic acids is 2. The summed E-state index contributed by atoms with van der Waals surface area (Å²) in [6, 6.07) is 10.4. The molecule has 204 valence electrons. The number of aromatic nitrogens is 1. The van der Waals surface area contributed by atoms with Crippen LogP contribution in [0.5, 0.6) is 0 Å². The highest BCUT2D eigenvalue weighted by atomic mass is 32.2. The van der Waals surface area contributed by atoms with Gasteiger partial charge in [0.05, 0.1) is 33.7 Å². The molecule has 1 spiro atoms. The zero-order chi connectivity index (χ0) is 27.7. The van der Waals surface area contributed by atoms with Gasteiger partial charge in [-0.2, -0.15) is 13.2 Å². The van der Waals surface area contributed by atoms with E-state index in [-0.39, 0.29) is 11.6 Å². The Morgan fingerprint density at radius 3 is 2.23 bits per heavy atom. The van der Waals surface area contributed by atoms with E-state index in [0.717, 1.165) is 67.2 Å². The molecule has 0 bridgehead atoms. The van der Waals surface area contributed by atoms with Crippen LogP contribution in [0.2, 0.25) is 0 Å². The van der Waals surface area contributed by atoms with E-state index in [9.17, 15) is 31.2 Å². The normalized spacial score (nSPS) is 23.8. The summed E-state index contributed by atoms with van der Waals surface area (Å²) in [4.78, 5) is 36.3. The minimum absolute atomic E-state index is 0.00461. The molecule has 6 rings (SSSR count). The number of pyridine rings is 1. The maximum absolute atomic E-state index is 14.1. The van der Waals surface area contributed by atoms with Gasteiger partial charge in [0.25, 0.3) is 15.7 Å². The monoisotopic (exact) mass is 558 g/mol. The molecule has 3 heterocycles. The average molecular weight is 559 g/mol. The Kier molecular flexibility index (Phi) is 5.69. The largest absolute Gasteiger partial charge is 0.501 e. The van der Waals surface area contributed by atoms with Gasteiger partial charge in [0, 0.05) is 18.5 Å². The molecule has 39 heavy (non-hydrogen) atoms. The molecule has 0 N–H and O–H groups in total. The van der Waals surface area contributed by atoms with Crippen LogP contribution in [0.1, 0.15) is 32.6 Å². The van der Waals surface area contributed by atoms with Crippen molar-refractivity contribution in [2.45, 2.75) is 48.5 Å². The standard InChI is InChI=1S/C27H25F3N4O4S/c1-17-15-26(17)24(35)33(18-9-11-19(12-10-18)39(37,38)27(28,29)30)25(36)34(26)23-20-7-3-4-8-21(20)31-16-22(23)32-13-5-2-6-14-32/h3-4,7-12,16-17H,2,5-6,13-15H2,1H3. The number of benzene rings is 2. The fourth-order valence-electron chi connectivity index (χ4n) is 5.81. The van der Waals surface area contributed by atoms with Gasteiger partial charge in [0.2, 0.25) is 0 Å². The summed E-state index contributed by atoms with van der Waals surface area (Å²) in [6.45, 7) is 3.44. The molecule has 2 aliphatic heterocycles. The molecule has 2 saturated heterocycles. The first-order valence-electron chi connectivity index (χ1n) is 12.7. The predicted molar refractivity (Wildman–Crippen MR) is 139 cm³/mol. The van der Waals surface area contributed by atoms with Gasteiger partial charge >= 0.3 is 11.5 Å². The number of rotatable bonds is 4. The van der Waals surface area contributed by atoms with Crippen LogP contribution in [0.4, 0.5) is 35.0 Å². The topological polar surface area (TPSA) is 90.9 Å². The minimum atomic E-state index is -5.57. The maximum Gasteiger partial charge on any atom is 0.501 e. The number of hydrogen-bond donors (Lipinski definition) is 0. The minimum Gasteiger partial charge on any atom is -0.369 e. The number of para-hydroxylation sites is 1. The number of urea groups is 1. The van der Waals surface area contributed by atoms with Crippen LogP contribution in [0.25, 0.3) is 10.9 Å². The molecule has 2 aromatic carbocycles. The summed E-state index contributed by atoms with van der Waals surface area (Å²) in [6.07, 6.45) is 5.23. The van der Waals surface area contributed by atoms with Gasteiger partial charge in [0.1, 0.15) is 5.54 Å². The lowest BCUT2D eigenvalue weighted by Gasteiger charge is -2.34. The van der Waals surface area contributed by atoms with E-state index < -0.39 is 37.7 Å². The number of hydrogen-bond acceptors (Lipinski definition) is 6. The summed E-state index contributed by atoms with van der Waals surface area (Å²) in [5.41, 5.74) is -4.61. The fourth-order valence-corrected chi connectivity index (χ4v) is 6.57. The van der Waals surface area contributed by atoms with Crippen molar-refractivity contribution in [3.63, 3.8) is 0 Å². The second-order valence-corrected chi connectivity index (χ2v) is 12.2. The van der Waals surface area contributed by atoms with Crippen LogP contribution < -0.4 is 14.7 Å². The van der Waals surface area contributed by atoms with Crippen molar-refractivity contribution >= 4 is 49.7 Å². The van der Waals surface area contributed by atoms with Gasteiger partial charge in [0.15, 0.2) is 0 Å². The zero-order valence-electron chi connectivity index (χ0n) is 21.0. The molecule has 3 aromatic rings. The second kappa shape index (κ2) is 8.67. The number of halogens is 3. The lowest BCUT2D eigenvalue weighted by atomic mass is 10.1. The SMILES string of the molecule is CC1CC12C(=O)N(c1ccc(S(=O)(=O)C(F)(F)F)cc1)C(=O)N2c1c(N2CCCCC2)cnc2ccccc12. The number of piperidine rings is 1. The third kappa shape index (κ3) is 3.71. The lowest BCUT2D eigenvalue weighted by Crippen LogP contribution is -2.41. The molecule has 1 aromatic heterocycles. The van der Waals surface area contributed by atoms with Gasteiger partial charge in [-0.3, -0.25) is 14.7 Å². The van der Waals surface area contributed by atoms with E-state index >= 15 is 0 Å². The Morgan fingerprint density at radius 2 is 1.62 bits per heavy atom. The number of imide groups is 1. The smallest absolute Gasteiger partial charge is 0.369 e. The number of sulfone groups is 1. The molecule has 0 radical (unpaired) electrons. The van der Waals surface area contributed by atoms with E-state index in [2.05, 4.69) is 9.88 Å². The highest BCUT2D eigenvalue weighted by Crippen LogP contribution is 2.58. The van der Waals surface area contributed by atoms with Crippen LogP contribution in [0.3, 0.4) is 0 Å². The molecule has 1 aliphatic carbocycles. The Labute approximate surface area is 222 Å². The predicted octanol–water partition coefficient (Wildman–Crippen LogP) is 5.27. The highest BCUT2D eigenvalue weighted by Gasteiger charge is 2.71. The van der Waals surface area contributed by atoms with Gasteiger partial charge in [-0.25, -0.2) is 18.1 Å². The van der Waals surface area contributed by atoms with Gasteiger partial charge in [-0.1, -0.05) is 25.1 Å². The summed E-state index contributed by atoms with van der Waals surface area (Å²) in [7, 11) is -5.57. The van der Waals surface area contributed by atoms with Crippen molar-refractivity contribution < 1.29 is 31.2 Å². The third-order valence-corrected chi connectivity index (χ3v) is 9.49. The van der Waals surface area contributed by atoms with Crippen LogP contribution in [0, 0.1) is 5.92 Å². The molecule has 2 unspecified atom stereocenters. The first-order chi connectivity index (χ1) is 18.5. The number of fused-ring (bicyclic) bond motifs is 1. The van der Waals surface area contributed by atoms with Crippen molar-refractivity contribution in [2.24, 2.45) is 5.92 Å². The van der Waals surface area contributed by atoms with Crippen LogP contribution in [-0.4, -0.2) is 49.5 Å². The molecular weight excluding hydrogens is 533 g/mol. The third-order valence-electron chi connectivity index (χ3n) is 7.99. The number of alkyl halides is 3. The molecule has 1 saturated carbocycles. The first kappa shape index (κ1) is 25.6. The molecule has 3 fully saturated rings. The Bertz CT molecular complexity index is 1600. The number of amides is 3. The first-order valence-corrected chi connectivity index (χ1v) is 14.2. The van der Waals surface area contributed by atoms with Crippen LogP contribution in [0.15, 0.2) is 59.6 Å². The summed E-state index contributed by atoms with van der Waals surface area (Å²) < 4.78 is 62.8. The number of carbonyl (C=O) groups is 2. The highest BCUT2D eigenvalue weighted by molar-refractivity contribution is 7.92. The van der Waals surface area contributed by atoms with Gasteiger partial charge in [-0.05, 0) is 61.9 Å². The van der Waals surface area contributed by atoms with E-state index in [1.165, 1.54) is 4.90 Å². The Morgan fingerprint density at radius 1 is 0.974 bits per heavy atom. The van der Waals surface area contributed by atoms with Crippen molar-refractivity contribution in [3.05, 3.63) is 54.7 Å². The number of anilines is 3. The molecular formula is C27H25F3N4O4S. The van der Waals surface area contributed by atoms with Crippen molar-refractivity contribution in [2.75, 3.05) is 27.8 Å². The second-order valence-electron chi connectivity index (χ2n) is 10.3. The molecule has 3 amide bonds. The van der Waals surface area contributed by atoms with Crippen molar-refractivity contribution in [1.29, 1.82) is 0 Å². The maximum atomic E-state index is 14.1. The Balaban J connectivity index is 1.48. The number of nitrogens with zero attached hydrogens (tertiary/aromatic N) is 4. The van der Waals surface area contributed by atoms with Crippen LogP contribution >= 0.6 is 0 Å². The lowest BCUT2D eigenvalue weighted by molar-refractivity contribution is -0.119. The summed E-state index contributed by atoms with van der Waals surface area (Å²) in [5, 5.41) is 0.716. The Hall–Kier alpha value is -3.67.